The summed E-state index contributed by atoms with van der Waals surface area (Å²) in [6.07, 6.45) is 4.06. The highest BCUT2D eigenvalue weighted by molar-refractivity contribution is 6.30. The number of rotatable bonds is 4. The van der Waals surface area contributed by atoms with Crippen LogP contribution in [0.25, 0.3) is 0 Å². The van der Waals surface area contributed by atoms with Crippen molar-refractivity contribution >= 4 is 23.4 Å². The normalized spacial score (nSPS) is 14.8. The van der Waals surface area contributed by atoms with E-state index >= 15 is 0 Å². The third-order valence-corrected chi connectivity index (χ3v) is 3.19. The molecule has 0 bridgehead atoms. The predicted molar refractivity (Wildman–Crippen MR) is 68.6 cm³/mol. The summed E-state index contributed by atoms with van der Waals surface area (Å²) >= 11 is 5.70. The Morgan fingerprint density at radius 2 is 2.11 bits per heavy atom. The van der Waals surface area contributed by atoms with Crippen molar-refractivity contribution in [2.75, 3.05) is 19.6 Å². The van der Waals surface area contributed by atoms with Gasteiger partial charge in [0.15, 0.2) is 0 Å². The molecule has 0 radical (unpaired) electrons. The summed E-state index contributed by atoms with van der Waals surface area (Å²) in [6.45, 7) is 2.04. The molecule has 1 aliphatic heterocycles. The van der Waals surface area contributed by atoms with Crippen LogP contribution in [-0.4, -0.2) is 41.3 Å². The van der Waals surface area contributed by atoms with E-state index in [-0.39, 0.29) is 11.8 Å². The van der Waals surface area contributed by atoms with Crippen molar-refractivity contribution < 1.29 is 9.59 Å². The molecule has 1 aliphatic rings. The molecule has 2 rings (SSSR count). The Balaban J connectivity index is 1.71. The van der Waals surface area contributed by atoms with E-state index in [0.717, 1.165) is 25.9 Å². The van der Waals surface area contributed by atoms with Gasteiger partial charge >= 0.3 is 0 Å². The van der Waals surface area contributed by atoms with Gasteiger partial charge in [0.05, 0.1) is 5.02 Å². The molecule has 98 valence electrons. The van der Waals surface area contributed by atoms with E-state index in [1.165, 1.54) is 0 Å². The monoisotopic (exact) mass is 269 g/mol. The first-order valence-corrected chi connectivity index (χ1v) is 6.44. The maximum absolute atomic E-state index is 11.7. The van der Waals surface area contributed by atoms with E-state index in [0.29, 0.717) is 23.7 Å². The Bertz CT molecular complexity index is 438. The van der Waals surface area contributed by atoms with Crippen molar-refractivity contribution in [1.82, 2.24) is 15.2 Å². The molecule has 0 aromatic carbocycles. The number of nitrogens with zero attached hydrogens (tertiary/aromatic N) is 1. The van der Waals surface area contributed by atoms with Gasteiger partial charge in [0, 0.05) is 32.3 Å². The molecule has 1 saturated heterocycles. The fraction of sp³-hybridized carbons (Fsp3) is 0.500. The first-order chi connectivity index (χ1) is 8.66. The lowest BCUT2D eigenvalue weighted by Crippen LogP contribution is -2.32. The fourth-order valence-electron chi connectivity index (χ4n) is 2.00. The number of aromatic amines is 1. The molecule has 1 aromatic heterocycles. The lowest BCUT2D eigenvalue weighted by molar-refractivity contribution is -0.129. The minimum Gasteiger partial charge on any atom is -0.356 e. The van der Waals surface area contributed by atoms with Gasteiger partial charge in [-0.1, -0.05) is 11.6 Å². The van der Waals surface area contributed by atoms with E-state index in [4.69, 9.17) is 11.6 Å². The zero-order chi connectivity index (χ0) is 13.0. The highest BCUT2D eigenvalue weighted by Gasteiger charge is 2.17. The summed E-state index contributed by atoms with van der Waals surface area (Å²) in [5.74, 6) is -0.131. The minimum atomic E-state index is -0.240. The maximum atomic E-state index is 11.7. The number of likely N-dealkylation sites (tertiary alicyclic amines) is 1. The van der Waals surface area contributed by atoms with Crippen LogP contribution in [0.2, 0.25) is 5.02 Å². The number of carbonyl (C=O) groups is 2. The van der Waals surface area contributed by atoms with Gasteiger partial charge in [0.25, 0.3) is 5.91 Å². The molecule has 0 spiro atoms. The number of aromatic nitrogens is 1. The fourth-order valence-corrected chi connectivity index (χ4v) is 2.17. The summed E-state index contributed by atoms with van der Waals surface area (Å²) < 4.78 is 0. The summed E-state index contributed by atoms with van der Waals surface area (Å²) in [6, 6.07) is 1.55. The van der Waals surface area contributed by atoms with Crippen LogP contribution in [0, 0.1) is 0 Å². The van der Waals surface area contributed by atoms with Gasteiger partial charge in [-0.3, -0.25) is 9.59 Å². The van der Waals surface area contributed by atoms with E-state index in [1.807, 2.05) is 4.90 Å². The number of hydrogen-bond acceptors (Lipinski definition) is 2. The molecular weight excluding hydrogens is 254 g/mol. The molecule has 2 N–H and O–H groups in total. The number of H-pyrrole nitrogens is 1. The van der Waals surface area contributed by atoms with Crippen LogP contribution in [-0.2, 0) is 4.79 Å². The molecule has 0 atom stereocenters. The molecule has 1 aromatic rings. The van der Waals surface area contributed by atoms with Crippen molar-refractivity contribution in [1.29, 1.82) is 0 Å². The molecule has 6 heteroatoms. The van der Waals surface area contributed by atoms with Crippen molar-refractivity contribution in [3.8, 4) is 0 Å². The summed E-state index contributed by atoms with van der Waals surface area (Å²) in [5.41, 5.74) is 0.411. The predicted octanol–water partition coefficient (Wildman–Crippen LogP) is 1.41. The molecule has 2 amide bonds. The van der Waals surface area contributed by atoms with Crippen LogP contribution in [0.1, 0.15) is 29.8 Å². The average Bonchev–Trinajstić information content (AvgIpc) is 2.99. The summed E-state index contributed by atoms with van der Waals surface area (Å²) in [7, 11) is 0. The van der Waals surface area contributed by atoms with Crippen molar-refractivity contribution in [2.45, 2.75) is 19.3 Å². The van der Waals surface area contributed by atoms with Crippen LogP contribution in [0.5, 0.6) is 0 Å². The van der Waals surface area contributed by atoms with Crippen LogP contribution in [0.4, 0.5) is 0 Å². The Labute approximate surface area is 110 Å². The van der Waals surface area contributed by atoms with Gasteiger partial charge in [0.2, 0.25) is 5.91 Å². The topological polar surface area (TPSA) is 65.2 Å². The van der Waals surface area contributed by atoms with E-state index < -0.39 is 0 Å². The number of carbonyl (C=O) groups excluding carboxylic acids is 2. The quantitative estimate of drug-likeness (QED) is 0.868. The average molecular weight is 270 g/mol. The maximum Gasteiger partial charge on any atom is 0.267 e. The lowest BCUT2D eigenvalue weighted by atomic mass is 10.3. The molecule has 18 heavy (non-hydrogen) atoms. The van der Waals surface area contributed by atoms with Gasteiger partial charge in [-0.2, -0.15) is 0 Å². The SMILES string of the molecule is O=C(NCCC(=O)N1CCCC1)c1cc(Cl)c[nH]1. The van der Waals surface area contributed by atoms with Gasteiger partial charge in [-0.15, -0.1) is 0 Å². The van der Waals surface area contributed by atoms with Crippen LogP contribution in [0.3, 0.4) is 0 Å². The van der Waals surface area contributed by atoms with Gasteiger partial charge in [-0.05, 0) is 18.9 Å². The lowest BCUT2D eigenvalue weighted by Gasteiger charge is -2.14. The van der Waals surface area contributed by atoms with Gasteiger partial charge < -0.3 is 15.2 Å². The van der Waals surface area contributed by atoms with E-state index in [1.54, 1.807) is 12.3 Å². The minimum absolute atomic E-state index is 0.109. The number of amides is 2. The second-order valence-electron chi connectivity index (χ2n) is 4.33. The Kier molecular flexibility index (Phi) is 4.25. The molecule has 1 fully saturated rings. The smallest absolute Gasteiger partial charge is 0.267 e. The number of hydrogen-bond donors (Lipinski definition) is 2. The number of nitrogens with one attached hydrogen (secondary N) is 2. The van der Waals surface area contributed by atoms with Gasteiger partial charge in [-0.25, -0.2) is 0 Å². The largest absolute Gasteiger partial charge is 0.356 e. The Morgan fingerprint density at radius 3 is 2.72 bits per heavy atom. The third kappa shape index (κ3) is 3.26. The molecule has 2 heterocycles. The molecule has 0 aliphatic carbocycles. The standard InChI is InChI=1S/C12H16ClN3O2/c13-9-7-10(15-8-9)12(18)14-4-3-11(17)16-5-1-2-6-16/h7-8,15H,1-6H2,(H,14,18). The molecule has 5 nitrogen and oxygen atoms in total. The summed E-state index contributed by atoms with van der Waals surface area (Å²) in [5, 5.41) is 3.18. The van der Waals surface area contributed by atoms with Crippen molar-refractivity contribution in [2.24, 2.45) is 0 Å². The molecular formula is C12H16ClN3O2. The van der Waals surface area contributed by atoms with Crippen molar-refractivity contribution in [3.63, 3.8) is 0 Å². The van der Waals surface area contributed by atoms with E-state index in [9.17, 15) is 9.59 Å². The highest BCUT2D eigenvalue weighted by Crippen LogP contribution is 2.10. The van der Waals surface area contributed by atoms with Crippen LogP contribution in [0.15, 0.2) is 12.3 Å². The Hall–Kier alpha value is -1.49. The molecule has 0 unspecified atom stereocenters. The second-order valence-corrected chi connectivity index (χ2v) is 4.76. The van der Waals surface area contributed by atoms with Crippen LogP contribution >= 0.6 is 11.6 Å². The zero-order valence-electron chi connectivity index (χ0n) is 10.0. The van der Waals surface area contributed by atoms with Crippen LogP contribution < -0.4 is 5.32 Å². The first-order valence-electron chi connectivity index (χ1n) is 6.07. The summed E-state index contributed by atoms with van der Waals surface area (Å²) in [4.78, 5) is 28.0. The van der Waals surface area contributed by atoms with Crippen molar-refractivity contribution in [3.05, 3.63) is 23.0 Å². The van der Waals surface area contributed by atoms with E-state index in [2.05, 4.69) is 10.3 Å². The second kappa shape index (κ2) is 5.91. The Morgan fingerprint density at radius 1 is 1.39 bits per heavy atom. The highest BCUT2D eigenvalue weighted by atomic mass is 35.5. The number of halogens is 1. The first kappa shape index (κ1) is 13.0. The third-order valence-electron chi connectivity index (χ3n) is 2.98. The van der Waals surface area contributed by atoms with Gasteiger partial charge in [0.1, 0.15) is 5.69 Å². The zero-order valence-corrected chi connectivity index (χ0v) is 10.8. The molecule has 0 saturated carbocycles.